The van der Waals surface area contributed by atoms with E-state index in [0.717, 1.165) is 66.5 Å². The first kappa shape index (κ1) is 31.9. The van der Waals surface area contributed by atoms with Crippen LogP contribution in [0, 0.1) is 0 Å². The first-order valence-electron chi connectivity index (χ1n) is 18.8. The molecule has 5 heteroatoms. The van der Waals surface area contributed by atoms with Gasteiger partial charge in [0.25, 0.3) is 0 Å². The normalized spacial score (nSPS) is 11.6. The van der Waals surface area contributed by atoms with E-state index in [9.17, 15) is 0 Å². The van der Waals surface area contributed by atoms with E-state index in [-0.39, 0.29) is 0 Å². The van der Waals surface area contributed by atoms with Gasteiger partial charge in [0, 0.05) is 38.2 Å². The highest BCUT2D eigenvalue weighted by Gasteiger charge is 2.22. The minimum atomic E-state index is 0.572. The molecule has 0 saturated carbocycles. The molecular weight excluding hydrogens is 685 g/mol. The van der Waals surface area contributed by atoms with Gasteiger partial charge in [-0.2, -0.15) is 0 Å². The maximum atomic E-state index is 6.32. The summed E-state index contributed by atoms with van der Waals surface area (Å²) in [6.45, 7) is 0. The van der Waals surface area contributed by atoms with Gasteiger partial charge in [0.2, 0.25) is 0 Å². The Kier molecular flexibility index (Phi) is 7.42. The number of rotatable bonds is 6. The van der Waals surface area contributed by atoms with Gasteiger partial charge in [-0.1, -0.05) is 152 Å². The lowest BCUT2D eigenvalue weighted by Crippen LogP contribution is -2.04. The van der Waals surface area contributed by atoms with E-state index in [1.807, 2.05) is 54.6 Å². The number of para-hydroxylation sites is 2. The van der Waals surface area contributed by atoms with Gasteiger partial charge in [-0.05, 0) is 64.7 Å². The van der Waals surface area contributed by atoms with Crippen molar-refractivity contribution in [3.63, 3.8) is 0 Å². The van der Waals surface area contributed by atoms with Crippen LogP contribution in [0.2, 0.25) is 0 Å². The van der Waals surface area contributed by atoms with Gasteiger partial charge >= 0.3 is 0 Å². The van der Waals surface area contributed by atoms with Crippen LogP contribution in [0.5, 0.6) is 0 Å². The molecule has 0 unspecified atom stereocenters. The van der Waals surface area contributed by atoms with Gasteiger partial charge in [-0.15, -0.1) is 0 Å². The van der Waals surface area contributed by atoms with Crippen molar-refractivity contribution in [2.45, 2.75) is 0 Å². The van der Waals surface area contributed by atoms with Crippen molar-refractivity contribution in [2.75, 3.05) is 0 Å². The molecule has 0 saturated heterocycles. The predicted molar refractivity (Wildman–Crippen MR) is 229 cm³/mol. The Hall–Kier alpha value is -7.63. The monoisotopic (exact) mass is 716 g/mol. The Balaban J connectivity index is 1.20. The van der Waals surface area contributed by atoms with Crippen LogP contribution in [0.4, 0.5) is 0 Å². The smallest absolute Gasteiger partial charge is 0.166 e. The molecule has 0 N–H and O–H groups in total. The molecule has 8 aromatic carbocycles. The minimum absolute atomic E-state index is 0.572. The second-order valence-electron chi connectivity index (χ2n) is 14.0. The molecule has 0 aliphatic heterocycles. The maximum absolute atomic E-state index is 6.32. The van der Waals surface area contributed by atoms with Gasteiger partial charge in [0.05, 0.1) is 16.7 Å². The second kappa shape index (κ2) is 13.0. The predicted octanol–water partition coefficient (Wildman–Crippen LogP) is 13.2. The van der Waals surface area contributed by atoms with E-state index in [1.54, 1.807) is 0 Å². The van der Waals surface area contributed by atoms with Crippen LogP contribution in [-0.2, 0) is 0 Å². The standard InChI is InChI=1S/C51H32N4O/c1-4-15-33(16-5-1)36-27-30-42(45(31-36)55-43-24-12-10-22-41(43)48-38(23-14-25-44(48)55)34-17-6-2-7-18-34)51-53-49(35-19-8-3-9-20-35)52-50(54-51)37-28-29-40-39-21-11-13-26-46(39)56-47(40)32-37/h1-32H. The van der Waals surface area contributed by atoms with Crippen LogP contribution >= 0.6 is 0 Å². The van der Waals surface area contributed by atoms with Crippen LogP contribution < -0.4 is 0 Å². The van der Waals surface area contributed by atoms with Crippen molar-refractivity contribution in [1.82, 2.24) is 19.5 Å². The summed E-state index contributed by atoms with van der Waals surface area (Å²) in [5.74, 6) is 1.75. The molecule has 0 spiro atoms. The zero-order valence-corrected chi connectivity index (χ0v) is 30.2. The fourth-order valence-corrected chi connectivity index (χ4v) is 8.06. The molecular formula is C51H32N4O. The summed E-state index contributed by atoms with van der Waals surface area (Å²) in [7, 11) is 0. The number of fused-ring (bicyclic) bond motifs is 6. The van der Waals surface area contributed by atoms with Crippen molar-refractivity contribution < 1.29 is 4.42 Å². The molecule has 0 aliphatic carbocycles. The summed E-state index contributed by atoms with van der Waals surface area (Å²) in [4.78, 5) is 15.6. The van der Waals surface area contributed by atoms with E-state index >= 15 is 0 Å². The average Bonchev–Trinajstić information content (AvgIpc) is 3.82. The molecule has 11 rings (SSSR count). The van der Waals surface area contributed by atoms with Gasteiger partial charge < -0.3 is 8.98 Å². The first-order valence-corrected chi connectivity index (χ1v) is 18.8. The van der Waals surface area contributed by atoms with Crippen LogP contribution in [-0.4, -0.2) is 19.5 Å². The fourth-order valence-electron chi connectivity index (χ4n) is 8.06. The molecule has 3 aromatic heterocycles. The molecule has 0 radical (unpaired) electrons. The van der Waals surface area contributed by atoms with Gasteiger partial charge in [0.1, 0.15) is 11.2 Å². The third-order valence-electron chi connectivity index (χ3n) is 10.7. The molecule has 0 fully saturated rings. The number of benzene rings is 8. The Labute approximate surface area is 322 Å². The van der Waals surface area contributed by atoms with Crippen molar-refractivity contribution in [3.05, 3.63) is 194 Å². The number of nitrogens with zero attached hydrogens (tertiary/aromatic N) is 4. The maximum Gasteiger partial charge on any atom is 0.166 e. The molecule has 0 amide bonds. The Morgan fingerprint density at radius 2 is 0.929 bits per heavy atom. The number of hydrogen-bond donors (Lipinski definition) is 0. The molecule has 3 heterocycles. The van der Waals surface area contributed by atoms with Crippen molar-refractivity contribution in [3.8, 4) is 62.1 Å². The quantitative estimate of drug-likeness (QED) is 0.172. The van der Waals surface area contributed by atoms with Gasteiger partial charge in [-0.3, -0.25) is 0 Å². The van der Waals surface area contributed by atoms with Gasteiger partial charge in [0.15, 0.2) is 17.5 Å². The summed E-state index contributed by atoms with van der Waals surface area (Å²) in [6, 6.07) is 67.5. The fraction of sp³-hybridized carbons (Fsp3) is 0. The van der Waals surface area contributed by atoms with E-state index in [2.05, 4.69) is 144 Å². The molecule has 56 heavy (non-hydrogen) atoms. The summed E-state index contributed by atoms with van der Waals surface area (Å²) >= 11 is 0. The highest BCUT2D eigenvalue weighted by Crippen LogP contribution is 2.42. The first-order chi connectivity index (χ1) is 27.8. The molecule has 5 nitrogen and oxygen atoms in total. The lowest BCUT2D eigenvalue weighted by molar-refractivity contribution is 0.669. The zero-order chi connectivity index (χ0) is 37.0. The van der Waals surface area contributed by atoms with Crippen LogP contribution in [0.3, 0.4) is 0 Å². The molecule has 262 valence electrons. The largest absolute Gasteiger partial charge is 0.456 e. The SMILES string of the molecule is c1ccc(-c2ccc(-c3nc(-c4ccccc4)nc(-c4ccc5c(c4)oc4ccccc45)n3)c(-n3c4ccccc4c4c(-c5ccccc5)cccc43)c2)cc1. The Morgan fingerprint density at radius 1 is 0.339 bits per heavy atom. The lowest BCUT2D eigenvalue weighted by atomic mass is 9.99. The lowest BCUT2D eigenvalue weighted by Gasteiger charge is -2.16. The Morgan fingerprint density at radius 3 is 1.71 bits per heavy atom. The van der Waals surface area contributed by atoms with Crippen molar-refractivity contribution >= 4 is 43.7 Å². The minimum Gasteiger partial charge on any atom is -0.456 e. The summed E-state index contributed by atoms with van der Waals surface area (Å²) in [5, 5.41) is 4.52. The molecule has 0 atom stereocenters. The van der Waals surface area contributed by atoms with E-state index < -0.39 is 0 Å². The van der Waals surface area contributed by atoms with Gasteiger partial charge in [-0.25, -0.2) is 15.0 Å². The number of aromatic nitrogens is 4. The summed E-state index contributed by atoms with van der Waals surface area (Å²) in [5.41, 5.74) is 12.1. The van der Waals surface area contributed by atoms with E-state index in [1.165, 1.54) is 21.9 Å². The number of furan rings is 1. The summed E-state index contributed by atoms with van der Waals surface area (Å²) in [6.07, 6.45) is 0. The third kappa shape index (κ3) is 5.29. The Bertz CT molecular complexity index is 3240. The van der Waals surface area contributed by atoms with E-state index in [4.69, 9.17) is 19.4 Å². The number of hydrogen-bond acceptors (Lipinski definition) is 4. The topological polar surface area (TPSA) is 56.7 Å². The zero-order valence-electron chi connectivity index (χ0n) is 30.2. The van der Waals surface area contributed by atoms with Crippen molar-refractivity contribution in [2.24, 2.45) is 0 Å². The average molecular weight is 717 g/mol. The van der Waals surface area contributed by atoms with Crippen LogP contribution in [0.25, 0.3) is 106 Å². The second-order valence-corrected chi connectivity index (χ2v) is 14.0. The molecule has 11 aromatic rings. The van der Waals surface area contributed by atoms with Crippen molar-refractivity contribution in [1.29, 1.82) is 0 Å². The third-order valence-corrected chi connectivity index (χ3v) is 10.7. The van der Waals surface area contributed by atoms with E-state index in [0.29, 0.717) is 17.5 Å². The highest BCUT2D eigenvalue weighted by atomic mass is 16.3. The highest BCUT2D eigenvalue weighted by molar-refractivity contribution is 6.16. The molecule has 0 bridgehead atoms. The van der Waals surface area contributed by atoms with Crippen LogP contribution in [0.15, 0.2) is 199 Å². The molecule has 0 aliphatic rings. The van der Waals surface area contributed by atoms with Crippen LogP contribution in [0.1, 0.15) is 0 Å². The summed E-state index contributed by atoms with van der Waals surface area (Å²) < 4.78 is 8.70.